The molecule has 9 heteroatoms. The van der Waals surface area contributed by atoms with E-state index in [1.54, 1.807) is 19.9 Å². The molecule has 0 fully saturated rings. The Morgan fingerprint density at radius 2 is 2.12 bits per heavy atom. The Morgan fingerprint density at radius 3 is 2.75 bits per heavy atom. The molecule has 128 valence electrons. The lowest BCUT2D eigenvalue weighted by molar-refractivity contribution is 0.000219. The highest BCUT2D eigenvalue weighted by Crippen LogP contribution is 2.28. The summed E-state index contributed by atoms with van der Waals surface area (Å²) in [6, 6.07) is 4.29. The second-order valence-electron chi connectivity index (χ2n) is 5.07. The zero-order valence-corrected chi connectivity index (χ0v) is 15.1. The molecule has 0 atom stereocenters. The molecule has 1 amide bonds. The van der Waals surface area contributed by atoms with Crippen molar-refractivity contribution < 1.29 is 14.0 Å². The van der Waals surface area contributed by atoms with E-state index in [1.165, 1.54) is 18.3 Å². The molecule has 0 radical (unpaired) electrons. The van der Waals surface area contributed by atoms with Crippen LogP contribution in [0.4, 0.5) is 15.8 Å². The van der Waals surface area contributed by atoms with Gasteiger partial charge in [0, 0.05) is 10.7 Å². The molecule has 0 unspecified atom stereocenters. The highest BCUT2D eigenvalue weighted by molar-refractivity contribution is 9.10. The van der Waals surface area contributed by atoms with Crippen molar-refractivity contribution in [3.63, 3.8) is 0 Å². The number of anilines is 2. The van der Waals surface area contributed by atoms with Crippen molar-refractivity contribution in [2.24, 2.45) is 0 Å². The van der Waals surface area contributed by atoms with Gasteiger partial charge in [0.1, 0.15) is 10.8 Å². The van der Waals surface area contributed by atoms with Crippen LogP contribution in [0.3, 0.4) is 0 Å². The number of hydroxylamine groups is 1. The number of pyridine rings is 1. The fourth-order valence-electron chi connectivity index (χ4n) is 1.76. The first kappa shape index (κ1) is 18.4. The Hall–Kier alpha value is -1.90. The lowest BCUT2D eigenvalue weighted by atomic mass is 10.2. The quantitative estimate of drug-likeness (QED) is 0.646. The van der Waals surface area contributed by atoms with E-state index < -0.39 is 17.3 Å². The van der Waals surface area contributed by atoms with Crippen LogP contribution in [0, 0.1) is 5.82 Å². The topological polar surface area (TPSA) is 83.2 Å². The number of carbonyl (C=O) groups excluding carboxylic acids is 1. The largest absolute Gasteiger partial charge is 0.351 e. The molecule has 3 N–H and O–H groups in total. The predicted molar refractivity (Wildman–Crippen MR) is 93.1 cm³/mol. The predicted octanol–water partition coefficient (Wildman–Crippen LogP) is 3.74. The number of amides is 1. The maximum atomic E-state index is 14.0. The van der Waals surface area contributed by atoms with Crippen LogP contribution in [0.25, 0.3) is 0 Å². The minimum atomic E-state index is -0.637. The summed E-state index contributed by atoms with van der Waals surface area (Å²) >= 11 is 9.13. The Morgan fingerprint density at radius 1 is 1.42 bits per heavy atom. The molecule has 1 heterocycles. The fourth-order valence-corrected chi connectivity index (χ4v) is 2.29. The molecule has 0 saturated carbocycles. The van der Waals surface area contributed by atoms with E-state index in [2.05, 4.69) is 31.7 Å². The highest BCUT2D eigenvalue weighted by Gasteiger charge is 2.19. The van der Waals surface area contributed by atoms with Crippen molar-refractivity contribution in [1.29, 1.82) is 0 Å². The molecule has 2 aromatic rings. The van der Waals surface area contributed by atoms with Gasteiger partial charge in [-0.1, -0.05) is 27.5 Å². The summed E-state index contributed by atoms with van der Waals surface area (Å²) in [6.07, 6.45) is 0.930. The van der Waals surface area contributed by atoms with Gasteiger partial charge >= 0.3 is 0 Å². The van der Waals surface area contributed by atoms with Crippen molar-refractivity contribution in [1.82, 2.24) is 10.5 Å². The van der Waals surface area contributed by atoms with Gasteiger partial charge in [-0.05, 0) is 32.0 Å². The van der Waals surface area contributed by atoms with Crippen molar-refractivity contribution >= 4 is 44.8 Å². The highest BCUT2D eigenvalue weighted by atomic mass is 79.9. The van der Waals surface area contributed by atoms with Crippen LogP contribution >= 0.6 is 27.5 Å². The van der Waals surface area contributed by atoms with Gasteiger partial charge in [0.05, 0.1) is 23.0 Å². The monoisotopic (exact) mass is 417 g/mol. The van der Waals surface area contributed by atoms with Crippen molar-refractivity contribution in [2.75, 3.05) is 5.32 Å². The van der Waals surface area contributed by atoms with E-state index in [4.69, 9.17) is 16.4 Å². The minimum absolute atomic E-state index is 0.00238. The Kier molecular flexibility index (Phi) is 5.98. The number of H-pyrrole nitrogens is 1. The van der Waals surface area contributed by atoms with Gasteiger partial charge in [0.15, 0.2) is 0 Å². The van der Waals surface area contributed by atoms with Gasteiger partial charge in [-0.3, -0.25) is 14.4 Å². The van der Waals surface area contributed by atoms with E-state index in [9.17, 15) is 14.0 Å². The number of nitrogens with one attached hydrogen (secondary N) is 3. The van der Waals surface area contributed by atoms with Crippen molar-refractivity contribution in [3.8, 4) is 0 Å². The summed E-state index contributed by atoms with van der Waals surface area (Å²) in [7, 11) is 0. The van der Waals surface area contributed by atoms with E-state index in [1.807, 2.05) is 0 Å². The molecule has 0 bridgehead atoms. The third-order valence-electron chi connectivity index (χ3n) is 2.86. The molecule has 1 aromatic carbocycles. The smallest absolute Gasteiger partial charge is 0.278 e. The Labute approximate surface area is 150 Å². The number of benzene rings is 1. The number of aromatic nitrogens is 1. The van der Waals surface area contributed by atoms with Crippen LogP contribution in [-0.2, 0) is 4.84 Å². The fraction of sp³-hybridized carbons (Fsp3) is 0.200. The molecule has 0 aliphatic heterocycles. The number of hydrogen-bond donors (Lipinski definition) is 3. The average molecular weight is 419 g/mol. The lowest BCUT2D eigenvalue weighted by Gasteiger charge is -2.14. The Balaban J connectivity index is 2.42. The van der Waals surface area contributed by atoms with Gasteiger partial charge in [-0.15, -0.1) is 0 Å². The second-order valence-corrected chi connectivity index (χ2v) is 6.36. The van der Waals surface area contributed by atoms with Crippen molar-refractivity contribution in [3.05, 3.63) is 55.6 Å². The van der Waals surface area contributed by atoms with E-state index in [-0.39, 0.29) is 28.1 Å². The maximum absolute atomic E-state index is 14.0. The van der Waals surface area contributed by atoms with Gasteiger partial charge in [-0.25, -0.2) is 9.87 Å². The number of hydrogen-bond acceptors (Lipinski definition) is 4. The second kappa shape index (κ2) is 7.78. The molecule has 1 aromatic heterocycles. The van der Waals surface area contributed by atoms with Crippen molar-refractivity contribution in [2.45, 2.75) is 20.0 Å². The van der Waals surface area contributed by atoms with Gasteiger partial charge < -0.3 is 10.3 Å². The molecule has 6 nitrogen and oxygen atoms in total. The van der Waals surface area contributed by atoms with Crippen LogP contribution in [-0.4, -0.2) is 17.0 Å². The molecule has 0 aliphatic carbocycles. The van der Waals surface area contributed by atoms with Crippen LogP contribution in [0.2, 0.25) is 5.02 Å². The van der Waals surface area contributed by atoms with E-state index in [0.717, 1.165) is 0 Å². The summed E-state index contributed by atoms with van der Waals surface area (Å²) in [4.78, 5) is 31.3. The lowest BCUT2D eigenvalue weighted by Crippen LogP contribution is -2.28. The molecule has 0 aliphatic rings. The zero-order valence-electron chi connectivity index (χ0n) is 12.7. The molecule has 2 rings (SSSR count). The van der Waals surface area contributed by atoms with Gasteiger partial charge in [0.2, 0.25) is 0 Å². The molecular weight excluding hydrogens is 405 g/mol. The van der Waals surface area contributed by atoms with Crippen LogP contribution < -0.4 is 16.4 Å². The number of aromatic amines is 1. The van der Waals surface area contributed by atoms with Crippen LogP contribution in [0.1, 0.15) is 24.2 Å². The standard InChI is InChI=1S/C15H14BrClFN3O3/c1-7(2)24-21-14(22)9-6-19-15(23)12(17)13(9)20-11-4-3-8(16)5-10(11)18/h3-7H,1-2H3,(H,21,22)(H2,19,20,23). The van der Waals surface area contributed by atoms with Crippen LogP contribution in [0.15, 0.2) is 33.7 Å². The van der Waals surface area contributed by atoms with Gasteiger partial charge in [-0.2, -0.15) is 0 Å². The third kappa shape index (κ3) is 4.34. The summed E-state index contributed by atoms with van der Waals surface area (Å²) in [5.41, 5.74) is 1.66. The van der Waals surface area contributed by atoms with E-state index >= 15 is 0 Å². The molecule has 0 saturated heterocycles. The molecule has 0 spiro atoms. The summed E-state index contributed by atoms with van der Waals surface area (Å²) in [5, 5.41) is 2.41. The molecular formula is C15H14BrClFN3O3. The normalized spacial score (nSPS) is 10.8. The maximum Gasteiger partial charge on any atom is 0.278 e. The summed E-state index contributed by atoms with van der Waals surface area (Å²) < 4.78 is 14.6. The first-order chi connectivity index (χ1) is 11.3. The van der Waals surface area contributed by atoms with Crippen LogP contribution in [0.5, 0.6) is 0 Å². The first-order valence-electron chi connectivity index (χ1n) is 6.89. The number of halogens is 3. The minimum Gasteiger partial charge on any atom is -0.351 e. The summed E-state index contributed by atoms with van der Waals surface area (Å²) in [5.74, 6) is -1.22. The number of rotatable bonds is 5. The van der Waals surface area contributed by atoms with E-state index in [0.29, 0.717) is 4.47 Å². The van der Waals surface area contributed by atoms with Gasteiger partial charge in [0.25, 0.3) is 11.5 Å². The third-order valence-corrected chi connectivity index (χ3v) is 3.71. The average Bonchev–Trinajstić information content (AvgIpc) is 2.52. The molecule has 24 heavy (non-hydrogen) atoms. The first-order valence-corrected chi connectivity index (χ1v) is 8.06. The SMILES string of the molecule is CC(C)ONC(=O)c1c[nH]c(=O)c(Cl)c1Nc1ccc(Br)cc1F. The Bertz CT molecular complexity index is 826. The number of carbonyl (C=O) groups is 1. The zero-order chi connectivity index (χ0) is 17.9. The summed E-state index contributed by atoms with van der Waals surface area (Å²) in [6.45, 7) is 3.47.